The highest BCUT2D eigenvalue weighted by Crippen LogP contribution is 2.48. The van der Waals surface area contributed by atoms with Gasteiger partial charge in [0.1, 0.15) is 17.1 Å². The largest absolute Gasteiger partial charge is 0.493 e. The minimum absolute atomic E-state index is 0.132. The summed E-state index contributed by atoms with van der Waals surface area (Å²) in [6, 6.07) is 6.01. The third-order valence-corrected chi connectivity index (χ3v) is 24.2. The van der Waals surface area contributed by atoms with Crippen LogP contribution in [-0.2, 0) is 61.5 Å². The van der Waals surface area contributed by atoms with Crippen LogP contribution in [-0.4, -0.2) is 219 Å². The Bertz CT molecular complexity index is 5440. The number of ether oxygens (including phenoxy) is 7. The van der Waals surface area contributed by atoms with Gasteiger partial charge in [-0.2, -0.15) is 38.2 Å². The van der Waals surface area contributed by atoms with Gasteiger partial charge in [0, 0.05) is 163 Å². The monoisotopic (exact) mass is 1600 g/mol. The molecule has 1 fully saturated rings. The molecule has 0 atom stereocenters. The van der Waals surface area contributed by atoms with Gasteiger partial charge in [0.05, 0.1) is 98.3 Å². The fraction of sp³-hybridized carbons (Fsp3) is 0.391. The Kier molecular flexibility index (Phi) is 22.8. The number of urea groups is 3. The number of carbonyl (C=O) groups is 3. The van der Waals surface area contributed by atoms with Gasteiger partial charge >= 0.3 is 48.7 Å². The smallest absolute Gasteiger partial charge is 0.329 e. The fourth-order valence-corrected chi connectivity index (χ4v) is 16.5. The van der Waals surface area contributed by atoms with E-state index in [0.717, 1.165) is 53.8 Å². The minimum Gasteiger partial charge on any atom is -0.493 e. The predicted octanol–water partition coefficient (Wildman–Crippen LogP) is 9.00. The third kappa shape index (κ3) is 13.5. The van der Waals surface area contributed by atoms with E-state index in [2.05, 4.69) is 19.9 Å². The first-order valence-corrected chi connectivity index (χ1v) is 38.0. The highest BCUT2D eigenvalue weighted by atomic mass is 32.2. The van der Waals surface area contributed by atoms with Gasteiger partial charge in [-0.15, -0.1) is 0 Å². The normalized spacial score (nSPS) is 15.0. The lowest BCUT2D eigenvalue weighted by Gasteiger charge is -2.37. The predicted molar refractivity (Wildman–Crippen MR) is 396 cm³/mol. The summed E-state index contributed by atoms with van der Waals surface area (Å²) in [5.41, 5.74) is 2.21. The zero-order chi connectivity index (χ0) is 80.4. The van der Waals surface area contributed by atoms with Crippen molar-refractivity contribution in [2.24, 2.45) is 0 Å². The Labute approximate surface area is 629 Å². The highest BCUT2D eigenvalue weighted by Gasteiger charge is 2.43. The molecule has 0 N–H and O–H groups in total. The maximum absolute atomic E-state index is 15.4. The number of aryl methyl sites for hydroxylation is 1. The second kappa shape index (κ2) is 31.1. The van der Waals surface area contributed by atoms with Crippen molar-refractivity contribution >= 4 is 116 Å². The van der Waals surface area contributed by atoms with Crippen LogP contribution in [0.2, 0.25) is 0 Å². The Balaban J connectivity index is 0.000000165. The first-order valence-electron chi connectivity index (χ1n) is 33.8. The van der Waals surface area contributed by atoms with E-state index < -0.39 is 101 Å². The first kappa shape index (κ1) is 80.6. The summed E-state index contributed by atoms with van der Waals surface area (Å²) in [5, 5.41) is 1.29. The molecule has 0 unspecified atom stereocenters. The number of amides is 6. The second-order valence-electron chi connectivity index (χ2n) is 25.5. The molecule has 3 aromatic carbocycles. The molecular weight excluding hydrogens is 1520 g/mol. The number of carbonyl (C=O) groups excluding carboxylic acids is 3. The average molecular weight is 1600 g/mol. The maximum Gasteiger partial charge on any atom is 0.329 e. The van der Waals surface area contributed by atoms with Crippen LogP contribution in [0.15, 0.2) is 61.2 Å². The summed E-state index contributed by atoms with van der Waals surface area (Å²) >= 11 is 0. The molecule has 0 radical (unpaired) electrons. The van der Waals surface area contributed by atoms with Crippen molar-refractivity contribution in [2.75, 3.05) is 160 Å². The minimum atomic E-state index is -4.00. The van der Waals surface area contributed by atoms with Gasteiger partial charge in [-0.1, -0.05) is 0 Å². The summed E-state index contributed by atoms with van der Waals surface area (Å²) in [7, 11) is 4.07. The van der Waals surface area contributed by atoms with Gasteiger partial charge in [-0.05, 0) is 45.9 Å². The van der Waals surface area contributed by atoms with E-state index in [1.807, 2.05) is 0 Å². The highest BCUT2D eigenvalue weighted by molar-refractivity contribution is 7.88. The van der Waals surface area contributed by atoms with Crippen LogP contribution in [0.25, 0.3) is 33.1 Å². The number of rotatable bonds is 20. The van der Waals surface area contributed by atoms with Crippen molar-refractivity contribution < 1.29 is 99.1 Å². The second-order valence-corrected chi connectivity index (χ2v) is 31.5. The molecule has 10 heterocycles. The molecule has 41 heteroatoms. The van der Waals surface area contributed by atoms with Crippen molar-refractivity contribution in [3.63, 3.8) is 0 Å². The molecule has 9 aromatic rings. The molecule has 0 spiro atoms. The van der Waals surface area contributed by atoms with Crippen molar-refractivity contribution in [2.45, 2.75) is 53.9 Å². The Hall–Kier alpha value is -10.4. The molecule has 4 aliphatic rings. The van der Waals surface area contributed by atoms with Crippen LogP contribution in [0.4, 0.5) is 74.9 Å². The molecule has 1 saturated heterocycles. The van der Waals surface area contributed by atoms with E-state index in [9.17, 15) is 39.6 Å². The number of hydrogen-bond donors (Lipinski definition) is 0. The van der Waals surface area contributed by atoms with Crippen molar-refractivity contribution in [1.29, 1.82) is 0 Å². The number of anilines is 6. The summed E-state index contributed by atoms with van der Waals surface area (Å²) in [6.45, 7) is 9.19. The van der Waals surface area contributed by atoms with Crippen LogP contribution >= 0.6 is 0 Å². The summed E-state index contributed by atoms with van der Waals surface area (Å²) in [5.74, 6) is -8.00. The zero-order valence-corrected chi connectivity index (χ0v) is 65.2. The van der Waals surface area contributed by atoms with Gasteiger partial charge in [-0.3, -0.25) is 34.3 Å². The van der Waals surface area contributed by atoms with Crippen molar-refractivity contribution in [1.82, 2.24) is 44.7 Å². The topological polar surface area (TPSA) is 304 Å². The lowest BCUT2D eigenvalue weighted by atomic mass is 10.1. The molecule has 0 bridgehead atoms. The van der Waals surface area contributed by atoms with E-state index in [-0.39, 0.29) is 90.7 Å². The molecule has 13 rings (SSSR count). The summed E-state index contributed by atoms with van der Waals surface area (Å²) in [4.78, 5) is 63.0. The maximum atomic E-state index is 15.4. The van der Waals surface area contributed by atoms with Gasteiger partial charge in [-0.25, -0.2) is 67.6 Å². The lowest BCUT2D eigenvalue weighted by Crippen LogP contribution is -2.48. The van der Waals surface area contributed by atoms with Gasteiger partial charge in [0.2, 0.25) is 0 Å². The average Bonchev–Trinajstić information content (AvgIpc) is 1.51. The summed E-state index contributed by atoms with van der Waals surface area (Å²) < 4.78 is 212. The number of halogens is 6. The third-order valence-electron chi connectivity index (χ3n) is 18.8. The number of aromatic nitrogens is 6. The van der Waals surface area contributed by atoms with Crippen molar-refractivity contribution in [3.05, 3.63) is 124 Å². The number of benzene rings is 3. The summed E-state index contributed by atoms with van der Waals surface area (Å²) in [6.07, 6.45) is 5.60. The van der Waals surface area contributed by atoms with Crippen LogP contribution < -0.4 is 57.8 Å². The van der Waals surface area contributed by atoms with E-state index in [0.29, 0.717) is 94.1 Å². The number of morpholine rings is 1. The zero-order valence-electron chi connectivity index (χ0n) is 62.7. The van der Waals surface area contributed by atoms with Crippen LogP contribution in [0.3, 0.4) is 0 Å². The van der Waals surface area contributed by atoms with E-state index in [1.165, 1.54) is 128 Å². The molecule has 6 amide bonds. The van der Waals surface area contributed by atoms with Gasteiger partial charge < -0.3 is 33.2 Å². The van der Waals surface area contributed by atoms with E-state index >= 15 is 26.3 Å². The number of fused-ring (bicyclic) bond motifs is 9. The number of methoxy groups -OCH3 is 6. The van der Waals surface area contributed by atoms with Crippen LogP contribution in [0.1, 0.15) is 48.8 Å². The Morgan fingerprint density at radius 2 is 0.755 bits per heavy atom. The number of hydrogen-bond acceptors (Lipinski definition) is 20. The fourth-order valence-electron chi connectivity index (χ4n) is 13.4. The quantitative estimate of drug-likeness (QED) is 0.0642. The Morgan fingerprint density at radius 1 is 0.436 bits per heavy atom. The van der Waals surface area contributed by atoms with Gasteiger partial charge in [0.15, 0.2) is 86.3 Å². The molecular formula is C69H80F6N16O16S3. The molecule has 4 aliphatic heterocycles. The first-order chi connectivity index (χ1) is 52.1. The molecule has 0 saturated carbocycles. The van der Waals surface area contributed by atoms with E-state index in [4.69, 9.17) is 33.2 Å². The lowest BCUT2D eigenvalue weighted by molar-refractivity contribution is 0.0336. The molecule has 0 aliphatic carbocycles. The molecule has 110 heavy (non-hydrogen) atoms. The van der Waals surface area contributed by atoms with Crippen LogP contribution in [0.5, 0.6) is 34.5 Å². The molecule has 6 aromatic heterocycles. The number of nitrogens with zero attached hydrogens (tertiary/aromatic N) is 16. The van der Waals surface area contributed by atoms with E-state index in [1.54, 1.807) is 45.9 Å². The van der Waals surface area contributed by atoms with Crippen molar-refractivity contribution in [3.8, 4) is 34.5 Å². The van der Waals surface area contributed by atoms with Crippen LogP contribution in [0, 0.1) is 41.8 Å². The van der Waals surface area contributed by atoms with Gasteiger partial charge in [0.25, 0.3) is 0 Å². The standard InChI is InChI=1S/C26H32F2N6O6S.C22H25F2N5O5S.C21H23F2N5O5S/c1-6-32-23-16(14-33(26(32)35)24-21(27)19(38-4)12-20(39-5)22(24)28)13-29-25-18(23)11-17(15-31-7-9-40-10-8-31)34(25)41(36,37)30(2)3;1-7-27-19-13(10-25-21-14(19)8-12(2)29(21)35(31,32)26(3)4)11-28(22(27)30)20-17(23)15(33-5)9-16(34-6)18(20)24;1-6-26-18-12(10-24-20-13(18)7-8-28(20)34(30,31)25(2)3)11-27(21(26)29)19-16(22)14(32-4)9-15(33-5)17(19)23/h11-13H,6-10,14-15H2,1-5H3;8-10H,7,11H2,1-6H3;7-10H,6,11H2,1-5H3. The number of pyridine rings is 3. The Morgan fingerprint density at radius 3 is 1.09 bits per heavy atom. The molecule has 592 valence electrons. The molecule has 32 nitrogen and oxygen atoms in total. The SMILES string of the molecule is CCN1C(=O)N(c2c(F)c(OC)cc(OC)c2F)Cc2cnc3c(cc(C)n3S(=O)(=O)N(C)C)c21.CCN1C(=O)N(c2c(F)c(OC)cc(OC)c2F)Cc2cnc3c(cc(CN4CCOCC4)n3S(=O)(=O)N(C)C)c21.CCN1C(=O)N(c2c(F)c(OC)cc(OC)c2F)Cc2cnc3c(ccn3S(=O)(=O)N(C)C)c21.